The maximum Gasteiger partial charge on any atom is 0.334 e. The minimum absolute atomic E-state index is 0.0110. The van der Waals surface area contributed by atoms with Gasteiger partial charge in [-0.15, -0.1) is 0 Å². The molecular weight excluding hydrogens is 156 g/mol. The van der Waals surface area contributed by atoms with E-state index in [1.165, 1.54) is 0 Å². The Labute approximate surface area is 71.3 Å². The van der Waals surface area contributed by atoms with E-state index in [0.717, 1.165) is 5.57 Å². The van der Waals surface area contributed by atoms with Crippen molar-refractivity contribution in [1.29, 1.82) is 0 Å². The lowest BCUT2D eigenvalue weighted by Gasteiger charge is -2.00. The maximum absolute atomic E-state index is 11.1. The van der Waals surface area contributed by atoms with E-state index in [9.17, 15) is 4.79 Å². The Morgan fingerprint density at radius 3 is 3.00 bits per heavy atom. The van der Waals surface area contributed by atoms with Gasteiger partial charge in [0.05, 0.1) is 13.2 Å². The second-order valence-corrected chi connectivity index (χ2v) is 2.53. The zero-order valence-electron chi connectivity index (χ0n) is 7.04. The lowest BCUT2D eigenvalue weighted by atomic mass is 10.2. The molecule has 0 spiro atoms. The Morgan fingerprint density at radius 1 is 1.75 bits per heavy atom. The standard InChI is InChI=1S/C9H12O3/c1-2-12-9(11)8-4-3-7(5-8)6-10/h3,5,10H,2,4,6H2,1H3. The van der Waals surface area contributed by atoms with Crippen LogP contribution in [0.4, 0.5) is 0 Å². The molecule has 3 nitrogen and oxygen atoms in total. The highest BCUT2D eigenvalue weighted by Crippen LogP contribution is 2.17. The molecular formula is C9H12O3. The van der Waals surface area contributed by atoms with Crippen LogP contribution in [0.5, 0.6) is 0 Å². The van der Waals surface area contributed by atoms with Gasteiger partial charge in [0.1, 0.15) is 0 Å². The Kier molecular flexibility index (Phi) is 3.05. The first-order valence-electron chi connectivity index (χ1n) is 3.95. The number of aliphatic hydroxyl groups is 1. The van der Waals surface area contributed by atoms with Crippen LogP contribution in [-0.4, -0.2) is 24.3 Å². The zero-order chi connectivity index (χ0) is 8.97. The molecule has 0 atom stereocenters. The fourth-order valence-electron chi connectivity index (χ4n) is 1.06. The van der Waals surface area contributed by atoms with Gasteiger partial charge in [-0.2, -0.15) is 0 Å². The number of aliphatic hydroxyl groups excluding tert-OH is 1. The number of carbonyl (C=O) groups is 1. The first-order valence-corrected chi connectivity index (χ1v) is 3.95. The molecule has 0 bridgehead atoms. The summed E-state index contributed by atoms with van der Waals surface area (Å²) in [6, 6.07) is 0. The van der Waals surface area contributed by atoms with Gasteiger partial charge < -0.3 is 9.84 Å². The highest BCUT2D eigenvalue weighted by Gasteiger charge is 2.14. The van der Waals surface area contributed by atoms with Gasteiger partial charge in [-0.25, -0.2) is 4.79 Å². The minimum atomic E-state index is -0.280. The largest absolute Gasteiger partial charge is 0.463 e. The summed E-state index contributed by atoms with van der Waals surface area (Å²) in [4.78, 5) is 11.1. The summed E-state index contributed by atoms with van der Waals surface area (Å²) in [6.07, 6.45) is 4.08. The average Bonchev–Trinajstić information content (AvgIpc) is 2.52. The Balaban J connectivity index is 2.52. The Hall–Kier alpha value is -1.09. The molecule has 0 saturated heterocycles. The maximum atomic E-state index is 11.1. The summed E-state index contributed by atoms with van der Waals surface area (Å²) >= 11 is 0. The van der Waals surface area contributed by atoms with Crippen LogP contribution in [0, 0.1) is 0 Å². The molecule has 0 radical (unpaired) electrons. The molecule has 12 heavy (non-hydrogen) atoms. The van der Waals surface area contributed by atoms with Gasteiger partial charge in [-0.1, -0.05) is 6.08 Å². The van der Waals surface area contributed by atoms with Crippen molar-refractivity contribution in [3.05, 3.63) is 23.3 Å². The van der Waals surface area contributed by atoms with Gasteiger partial charge in [0.25, 0.3) is 0 Å². The van der Waals surface area contributed by atoms with Crippen molar-refractivity contribution in [3.63, 3.8) is 0 Å². The van der Waals surface area contributed by atoms with E-state index >= 15 is 0 Å². The van der Waals surface area contributed by atoms with Crippen molar-refractivity contribution >= 4 is 5.97 Å². The van der Waals surface area contributed by atoms with Crippen molar-refractivity contribution in [3.8, 4) is 0 Å². The highest BCUT2D eigenvalue weighted by molar-refractivity contribution is 5.90. The molecule has 0 aromatic carbocycles. The van der Waals surface area contributed by atoms with Crippen LogP contribution in [0.2, 0.25) is 0 Å². The van der Waals surface area contributed by atoms with Gasteiger partial charge in [0.2, 0.25) is 0 Å². The molecule has 1 aliphatic rings. The monoisotopic (exact) mass is 168 g/mol. The van der Waals surface area contributed by atoms with E-state index in [0.29, 0.717) is 18.6 Å². The quantitative estimate of drug-likeness (QED) is 0.634. The van der Waals surface area contributed by atoms with Crippen LogP contribution in [0.1, 0.15) is 13.3 Å². The van der Waals surface area contributed by atoms with E-state index in [4.69, 9.17) is 9.84 Å². The molecule has 0 aromatic rings. The third kappa shape index (κ3) is 1.95. The SMILES string of the molecule is CCOC(=O)C1=CC(CO)=CC1. The first kappa shape index (κ1) is 9.00. The van der Waals surface area contributed by atoms with Gasteiger partial charge in [0, 0.05) is 5.57 Å². The fraction of sp³-hybridized carbons (Fsp3) is 0.444. The van der Waals surface area contributed by atoms with Gasteiger partial charge in [0.15, 0.2) is 0 Å². The third-order valence-electron chi connectivity index (χ3n) is 1.66. The van der Waals surface area contributed by atoms with Gasteiger partial charge in [-0.05, 0) is 25.0 Å². The number of hydrogen-bond donors (Lipinski definition) is 1. The molecule has 0 unspecified atom stereocenters. The van der Waals surface area contributed by atoms with Crippen molar-refractivity contribution in [2.45, 2.75) is 13.3 Å². The number of allylic oxidation sites excluding steroid dienone is 1. The summed E-state index contributed by atoms with van der Waals surface area (Å²) in [5.41, 5.74) is 1.42. The van der Waals surface area contributed by atoms with Crippen molar-refractivity contribution in [1.82, 2.24) is 0 Å². The number of carbonyl (C=O) groups excluding carboxylic acids is 1. The Morgan fingerprint density at radius 2 is 2.50 bits per heavy atom. The third-order valence-corrected chi connectivity index (χ3v) is 1.66. The molecule has 0 fully saturated rings. The molecule has 0 saturated carbocycles. The summed E-state index contributed by atoms with van der Waals surface area (Å²) in [7, 11) is 0. The normalized spacial score (nSPS) is 15.5. The van der Waals surface area contributed by atoms with Crippen LogP contribution < -0.4 is 0 Å². The smallest absolute Gasteiger partial charge is 0.334 e. The van der Waals surface area contributed by atoms with E-state index in [1.807, 2.05) is 6.08 Å². The predicted octanol–water partition coefficient (Wildman–Crippen LogP) is 0.798. The van der Waals surface area contributed by atoms with E-state index < -0.39 is 0 Å². The molecule has 0 heterocycles. The lowest BCUT2D eigenvalue weighted by Crippen LogP contribution is -2.05. The molecule has 0 aromatic heterocycles. The molecule has 1 rings (SSSR count). The number of ether oxygens (including phenoxy) is 1. The first-order chi connectivity index (χ1) is 5.77. The summed E-state index contributed by atoms with van der Waals surface area (Å²) < 4.78 is 4.80. The second-order valence-electron chi connectivity index (χ2n) is 2.53. The summed E-state index contributed by atoms with van der Waals surface area (Å²) in [6.45, 7) is 2.15. The van der Waals surface area contributed by atoms with Crippen molar-refractivity contribution in [2.75, 3.05) is 13.2 Å². The topological polar surface area (TPSA) is 46.5 Å². The van der Waals surface area contributed by atoms with E-state index in [1.54, 1.807) is 13.0 Å². The molecule has 0 aliphatic heterocycles. The molecule has 1 aliphatic carbocycles. The molecule has 3 heteroatoms. The number of esters is 1. The summed E-state index contributed by atoms with van der Waals surface area (Å²) in [5, 5.41) is 8.73. The minimum Gasteiger partial charge on any atom is -0.463 e. The van der Waals surface area contributed by atoms with Crippen LogP contribution >= 0.6 is 0 Å². The van der Waals surface area contributed by atoms with Gasteiger partial charge >= 0.3 is 5.97 Å². The molecule has 66 valence electrons. The van der Waals surface area contributed by atoms with E-state index in [-0.39, 0.29) is 12.6 Å². The average molecular weight is 168 g/mol. The predicted molar refractivity (Wildman–Crippen MR) is 44.5 cm³/mol. The fourth-order valence-corrected chi connectivity index (χ4v) is 1.06. The Bertz CT molecular complexity index is 238. The summed E-state index contributed by atoms with van der Waals surface area (Å²) in [5.74, 6) is -0.280. The van der Waals surface area contributed by atoms with Crippen molar-refractivity contribution < 1.29 is 14.6 Å². The lowest BCUT2D eigenvalue weighted by molar-refractivity contribution is -0.138. The number of rotatable bonds is 3. The second kappa shape index (κ2) is 4.07. The van der Waals surface area contributed by atoms with Gasteiger partial charge in [-0.3, -0.25) is 0 Å². The molecule has 1 N–H and O–H groups in total. The van der Waals surface area contributed by atoms with E-state index in [2.05, 4.69) is 0 Å². The van der Waals surface area contributed by atoms with Crippen LogP contribution in [0.15, 0.2) is 23.3 Å². The van der Waals surface area contributed by atoms with Crippen LogP contribution in [0.3, 0.4) is 0 Å². The highest BCUT2D eigenvalue weighted by atomic mass is 16.5. The number of hydrogen-bond acceptors (Lipinski definition) is 3. The van der Waals surface area contributed by atoms with Crippen molar-refractivity contribution in [2.24, 2.45) is 0 Å². The van der Waals surface area contributed by atoms with Crippen LogP contribution in [-0.2, 0) is 9.53 Å². The molecule has 0 amide bonds. The van der Waals surface area contributed by atoms with Crippen LogP contribution in [0.25, 0.3) is 0 Å². The zero-order valence-corrected chi connectivity index (χ0v) is 7.04.